The van der Waals surface area contributed by atoms with Gasteiger partial charge >= 0.3 is 0 Å². The van der Waals surface area contributed by atoms with Crippen LogP contribution in [0.15, 0.2) is 30.3 Å². The Balaban J connectivity index is 2.56. The molecule has 2 aromatic carbocycles. The van der Waals surface area contributed by atoms with E-state index in [9.17, 15) is 13.2 Å². The van der Waals surface area contributed by atoms with Gasteiger partial charge < -0.3 is 0 Å². The van der Waals surface area contributed by atoms with Crippen molar-refractivity contribution in [2.24, 2.45) is 0 Å². The summed E-state index contributed by atoms with van der Waals surface area (Å²) in [6.07, 6.45) is 0. The van der Waals surface area contributed by atoms with Gasteiger partial charge in [0.25, 0.3) is 0 Å². The molecule has 0 N–H and O–H groups in total. The Hall–Kier alpha value is -0.900. The van der Waals surface area contributed by atoms with Crippen LogP contribution in [-0.2, 0) is 0 Å². The Morgan fingerprint density at radius 3 is 2.05 bits per heavy atom. The molecule has 1 atom stereocenters. The standard InChI is InChI=1S/C13H6Cl3F3/c14-6-1-2-9(15)8(3-6)13(16)12-10(18)4-7(17)5-11(12)19/h1-5,13H. The lowest BCUT2D eigenvalue weighted by Gasteiger charge is -2.14. The van der Waals surface area contributed by atoms with E-state index in [2.05, 4.69) is 0 Å². The molecule has 0 amide bonds. The minimum Gasteiger partial charge on any atom is -0.207 e. The van der Waals surface area contributed by atoms with E-state index in [1.165, 1.54) is 18.2 Å². The summed E-state index contributed by atoms with van der Waals surface area (Å²) < 4.78 is 40.1. The fourth-order valence-corrected chi connectivity index (χ4v) is 2.51. The van der Waals surface area contributed by atoms with Crippen LogP contribution < -0.4 is 0 Å². The van der Waals surface area contributed by atoms with Gasteiger partial charge in [-0.1, -0.05) is 23.2 Å². The number of alkyl halides is 1. The Kier molecular flexibility index (Phi) is 4.29. The molecule has 2 aromatic rings. The topological polar surface area (TPSA) is 0 Å². The number of hydrogen-bond donors (Lipinski definition) is 0. The van der Waals surface area contributed by atoms with E-state index in [1.54, 1.807) is 0 Å². The van der Waals surface area contributed by atoms with Crippen LogP contribution in [0.3, 0.4) is 0 Å². The van der Waals surface area contributed by atoms with Crippen molar-refractivity contribution in [2.75, 3.05) is 0 Å². The molecule has 0 aliphatic rings. The summed E-state index contributed by atoms with van der Waals surface area (Å²) in [7, 11) is 0. The second-order valence-electron chi connectivity index (χ2n) is 3.81. The van der Waals surface area contributed by atoms with Crippen molar-refractivity contribution in [1.29, 1.82) is 0 Å². The van der Waals surface area contributed by atoms with Gasteiger partial charge in [-0.2, -0.15) is 0 Å². The fraction of sp³-hybridized carbons (Fsp3) is 0.0769. The summed E-state index contributed by atoms with van der Waals surface area (Å²) >= 11 is 17.7. The van der Waals surface area contributed by atoms with Crippen LogP contribution in [0, 0.1) is 17.5 Å². The van der Waals surface area contributed by atoms with Crippen LogP contribution in [0.4, 0.5) is 13.2 Å². The molecule has 0 saturated carbocycles. The summed E-state index contributed by atoms with van der Waals surface area (Å²) in [5.74, 6) is -3.16. The van der Waals surface area contributed by atoms with E-state index < -0.39 is 28.4 Å². The lowest BCUT2D eigenvalue weighted by molar-refractivity contribution is 0.526. The highest BCUT2D eigenvalue weighted by Gasteiger charge is 2.23. The maximum absolute atomic E-state index is 13.6. The molecule has 1 unspecified atom stereocenters. The molecular formula is C13H6Cl3F3. The van der Waals surface area contributed by atoms with Crippen molar-refractivity contribution in [3.63, 3.8) is 0 Å². The van der Waals surface area contributed by atoms with E-state index in [4.69, 9.17) is 34.8 Å². The van der Waals surface area contributed by atoms with Crippen LogP contribution in [0.2, 0.25) is 10.0 Å². The van der Waals surface area contributed by atoms with Gasteiger partial charge in [0, 0.05) is 27.7 Å². The molecule has 6 heteroatoms. The first-order valence-corrected chi connectivity index (χ1v) is 6.33. The summed E-state index contributed by atoms with van der Waals surface area (Å²) in [6.45, 7) is 0. The highest BCUT2D eigenvalue weighted by atomic mass is 35.5. The molecule has 0 saturated heterocycles. The first-order valence-electron chi connectivity index (χ1n) is 5.13. The van der Waals surface area contributed by atoms with Gasteiger partial charge in [0.2, 0.25) is 0 Å². The first-order chi connectivity index (χ1) is 8.90. The molecule has 0 fully saturated rings. The van der Waals surface area contributed by atoms with Gasteiger partial charge in [-0.25, -0.2) is 13.2 Å². The van der Waals surface area contributed by atoms with E-state index in [0.717, 1.165) is 0 Å². The highest BCUT2D eigenvalue weighted by Crippen LogP contribution is 2.37. The van der Waals surface area contributed by atoms with Crippen molar-refractivity contribution in [3.8, 4) is 0 Å². The van der Waals surface area contributed by atoms with Crippen LogP contribution in [0.5, 0.6) is 0 Å². The van der Waals surface area contributed by atoms with Crippen molar-refractivity contribution in [1.82, 2.24) is 0 Å². The lowest BCUT2D eigenvalue weighted by Crippen LogP contribution is -2.03. The Labute approximate surface area is 122 Å². The van der Waals surface area contributed by atoms with E-state index >= 15 is 0 Å². The Morgan fingerprint density at radius 1 is 0.895 bits per heavy atom. The lowest BCUT2D eigenvalue weighted by atomic mass is 10.0. The minimum atomic E-state index is -1.20. The highest BCUT2D eigenvalue weighted by molar-refractivity contribution is 6.35. The molecule has 0 aromatic heterocycles. The zero-order valence-corrected chi connectivity index (χ0v) is 11.5. The maximum Gasteiger partial charge on any atom is 0.134 e. The van der Waals surface area contributed by atoms with Gasteiger partial charge in [-0.3, -0.25) is 0 Å². The molecule has 100 valence electrons. The zero-order chi connectivity index (χ0) is 14.2. The maximum atomic E-state index is 13.6. The van der Waals surface area contributed by atoms with E-state index in [1.807, 2.05) is 0 Å². The number of halogens is 6. The third-order valence-electron chi connectivity index (χ3n) is 2.53. The van der Waals surface area contributed by atoms with Crippen LogP contribution >= 0.6 is 34.8 Å². The third kappa shape index (κ3) is 2.99. The van der Waals surface area contributed by atoms with Gasteiger partial charge in [0.05, 0.1) is 5.38 Å². The number of hydrogen-bond acceptors (Lipinski definition) is 0. The molecule has 0 spiro atoms. The van der Waals surface area contributed by atoms with Gasteiger partial charge in [-0.15, -0.1) is 11.6 Å². The van der Waals surface area contributed by atoms with Crippen molar-refractivity contribution in [2.45, 2.75) is 5.38 Å². The second kappa shape index (κ2) is 5.61. The summed E-state index contributed by atoms with van der Waals surface area (Å²) in [5.41, 5.74) is -0.215. The van der Waals surface area contributed by atoms with Crippen molar-refractivity contribution in [3.05, 3.63) is 69.0 Å². The molecular weight excluding hydrogens is 319 g/mol. The molecule has 0 radical (unpaired) electrons. The zero-order valence-electron chi connectivity index (χ0n) is 9.23. The van der Waals surface area contributed by atoms with Gasteiger partial charge in [0.15, 0.2) is 0 Å². The summed E-state index contributed by atoms with van der Waals surface area (Å²) in [6, 6.07) is 5.52. The predicted molar refractivity (Wildman–Crippen MR) is 70.5 cm³/mol. The minimum absolute atomic E-state index is 0.215. The molecule has 0 aliphatic carbocycles. The summed E-state index contributed by atoms with van der Waals surface area (Å²) in [5, 5.41) is -0.660. The molecule has 0 nitrogen and oxygen atoms in total. The molecule has 0 bridgehead atoms. The average Bonchev–Trinajstić information content (AvgIpc) is 2.30. The van der Waals surface area contributed by atoms with E-state index in [0.29, 0.717) is 17.2 Å². The monoisotopic (exact) mass is 324 g/mol. The van der Waals surface area contributed by atoms with Crippen molar-refractivity contribution < 1.29 is 13.2 Å². The molecule has 2 rings (SSSR count). The normalized spacial score (nSPS) is 12.5. The molecule has 0 aliphatic heterocycles. The van der Waals surface area contributed by atoms with E-state index in [-0.39, 0.29) is 10.6 Å². The van der Waals surface area contributed by atoms with Gasteiger partial charge in [0.1, 0.15) is 17.5 Å². The first kappa shape index (κ1) is 14.5. The Morgan fingerprint density at radius 2 is 1.47 bits per heavy atom. The van der Waals surface area contributed by atoms with Crippen LogP contribution in [-0.4, -0.2) is 0 Å². The van der Waals surface area contributed by atoms with Crippen molar-refractivity contribution >= 4 is 34.8 Å². The Bertz CT molecular complexity index is 606. The number of benzene rings is 2. The average molecular weight is 326 g/mol. The fourth-order valence-electron chi connectivity index (χ4n) is 1.66. The summed E-state index contributed by atoms with van der Waals surface area (Å²) in [4.78, 5) is 0. The van der Waals surface area contributed by atoms with Crippen LogP contribution in [0.1, 0.15) is 16.5 Å². The number of rotatable bonds is 2. The molecule has 0 heterocycles. The SMILES string of the molecule is Fc1cc(F)c(C(Cl)c2cc(Cl)ccc2Cl)c(F)c1. The third-order valence-corrected chi connectivity index (χ3v) is 3.56. The largest absolute Gasteiger partial charge is 0.207 e. The smallest absolute Gasteiger partial charge is 0.134 e. The van der Waals surface area contributed by atoms with Crippen LogP contribution in [0.25, 0.3) is 0 Å². The predicted octanol–water partition coefficient (Wildman–Crippen LogP) is 5.74. The quantitative estimate of drug-likeness (QED) is 0.618. The van der Waals surface area contributed by atoms with Gasteiger partial charge in [-0.05, 0) is 23.8 Å². The second-order valence-corrected chi connectivity index (χ2v) is 5.09. The molecule has 19 heavy (non-hydrogen) atoms.